The first-order chi connectivity index (χ1) is 11.5. The monoisotopic (exact) mass is 311 g/mol. The van der Waals surface area contributed by atoms with Crippen molar-refractivity contribution in [1.82, 2.24) is 4.90 Å². The number of anilines is 1. The zero-order chi connectivity index (χ0) is 16.9. The zero-order valence-corrected chi connectivity index (χ0v) is 14.7. The van der Waals surface area contributed by atoms with E-state index >= 15 is 0 Å². The van der Waals surface area contributed by atoms with Crippen molar-refractivity contribution < 1.29 is 1.37 Å². The third-order valence-electron chi connectivity index (χ3n) is 6.30. The zero-order valence-electron chi connectivity index (χ0n) is 15.7. The van der Waals surface area contributed by atoms with Gasteiger partial charge in [-0.25, -0.2) is 0 Å². The van der Waals surface area contributed by atoms with Gasteiger partial charge in [0, 0.05) is 19.0 Å². The fourth-order valence-corrected chi connectivity index (χ4v) is 5.14. The number of rotatable bonds is 2. The third-order valence-corrected chi connectivity index (χ3v) is 6.30. The minimum absolute atomic E-state index is 0.273. The number of hydrogen-bond donors (Lipinski definition) is 0. The minimum Gasteiger partial charge on any atom is -0.352 e. The number of fused-ring (bicyclic) bond motifs is 1. The lowest BCUT2D eigenvalue weighted by molar-refractivity contribution is 0.190. The summed E-state index contributed by atoms with van der Waals surface area (Å²) in [6.45, 7) is 6.82. The molecule has 124 valence electrons. The average molecular weight is 311 g/mol. The molecule has 23 heavy (non-hydrogen) atoms. The van der Waals surface area contributed by atoms with E-state index in [0.29, 0.717) is 18.1 Å². The fraction of sp³-hybridized carbons (Fsp3) is 0.619. The van der Waals surface area contributed by atoms with Crippen LogP contribution in [0.2, 0.25) is 0 Å². The maximum Gasteiger partial charge on any atom is 0.0989 e. The quantitative estimate of drug-likeness (QED) is 0.763. The molecule has 4 atom stereocenters. The molecule has 1 saturated heterocycles. The van der Waals surface area contributed by atoms with Crippen LogP contribution < -0.4 is 4.90 Å². The highest BCUT2D eigenvalue weighted by molar-refractivity contribution is 5.56. The minimum atomic E-state index is -0.425. The van der Waals surface area contributed by atoms with Crippen LogP contribution >= 0.6 is 0 Å². The molecule has 4 rings (SSSR count). The first-order valence-electron chi connectivity index (χ1n) is 9.85. The summed E-state index contributed by atoms with van der Waals surface area (Å²) < 4.78 is 9.37. The van der Waals surface area contributed by atoms with Gasteiger partial charge >= 0.3 is 0 Å². The highest BCUT2D eigenvalue weighted by atomic mass is 15.5. The molecule has 1 aromatic carbocycles. The molecule has 1 aliphatic carbocycles. The van der Waals surface area contributed by atoms with E-state index in [0.717, 1.165) is 0 Å². The molecule has 0 amide bonds. The van der Waals surface area contributed by atoms with Crippen molar-refractivity contribution in [3.63, 3.8) is 0 Å². The SMILES string of the molecule is [2H]C1(C2CCCCC2)C=CN2C(C)N(c3ccccc3C)[C@@H](C)C21. The summed E-state index contributed by atoms with van der Waals surface area (Å²) in [7, 11) is 0. The average Bonchev–Trinajstić information content (AvgIpc) is 3.07. The normalized spacial score (nSPS) is 38.0. The third kappa shape index (κ3) is 2.38. The first-order valence-corrected chi connectivity index (χ1v) is 9.35. The highest BCUT2D eigenvalue weighted by Crippen LogP contribution is 2.45. The Bertz CT molecular complexity index is 636. The van der Waals surface area contributed by atoms with Crippen LogP contribution in [0.4, 0.5) is 5.69 Å². The molecule has 2 aliphatic heterocycles. The summed E-state index contributed by atoms with van der Waals surface area (Å²) in [5, 5.41) is 0. The van der Waals surface area contributed by atoms with Crippen molar-refractivity contribution in [3.05, 3.63) is 42.1 Å². The molecule has 1 saturated carbocycles. The fourth-order valence-electron chi connectivity index (χ4n) is 5.14. The van der Waals surface area contributed by atoms with Crippen molar-refractivity contribution in [2.75, 3.05) is 4.90 Å². The summed E-state index contributed by atoms with van der Waals surface area (Å²) in [6.07, 6.45) is 11.2. The van der Waals surface area contributed by atoms with E-state index in [4.69, 9.17) is 0 Å². The molecule has 3 aliphatic rings. The molecule has 0 aromatic heterocycles. The second-order valence-corrected chi connectivity index (χ2v) is 7.61. The van der Waals surface area contributed by atoms with Gasteiger partial charge < -0.3 is 9.80 Å². The molecule has 0 bridgehead atoms. The van der Waals surface area contributed by atoms with Crippen LogP contribution in [-0.4, -0.2) is 23.1 Å². The van der Waals surface area contributed by atoms with E-state index in [9.17, 15) is 1.37 Å². The van der Waals surface area contributed by atoms with Gasteiger partial charge in [-0.3, -0.25) is 0 Å². The number of para-hydroxylation sites is 1. The molecule has 0 N–H and O–H groups in total. The van der Waals surface area contributed by atoms with E-state index in [1.165, 1.54) is 43.4 Å². The van der Waals surface area contributed by atoms with Crippen molar-refractivity contribution in [2.45, 2.75) is 71.1 Å². The highest BCUT2D eigenvalue weighted by Gasteiger charge is 2.49. The summed E-state index contributed by atoms with van der Waals surface area (Å²) in [5.74, 6) is 0.0925. The second-order valence-electron chi connectivity index (χ2n) is 7.61. The summed E-state index contributed by atoms with van der Waals surface area (Å²) in [5.41, 5.74) is 2.65. The Morgan fingerprint density at radius 2 is 1.83 bits per heavy atom. The molecule has 2 nitrogen and oxygen atoms in total. The van der Waals surface area contributed by atoms with Crippen LogP contribution in [0.1, 0.15) is 52.9 Å². The standard InChI is InChI=1S/C21H30N2/c1-15-9-7-8-12-20(15)23-16(2)21-19(13-14-22(21)17(23)3)18-10-5-4-6-11-18/h7-9,12-14,16-19,21H,4-6,10-11H2,1-3H3/t16-,17?,19?,21?/m0/s1/i19D. The van der Waals surface area contributed by atoms with Gasteiger partial charge in [0.25, 0.3) is 0 Å². The molecule has 2 heterocycles. The molecule has 3 unspecified atom stereocenters. The lowest BCUT2D eigenvalue weighted by atomic mass is 9.76. The molecule has 2 heteroatoms. The van der Waals surface area contributed by atoms with Crippen molar-refractivity contribution in [1.29, 1.82) is 0 Å². The van der Waals surface area contributed by atoms with Crippen molar-refractivity contribution in [3.8, 4) is 0 Å². The second kappa shape index (κ2) is 5.89. The Morgan fingerprint density at radius 3 is 2.57 bits per heavy atom. The number of aryl methyl sites for hydroxylation is 1. The molecule has 2 fully saturated rings. The Balaban J connectivity index is 1.68. The Hall–Kier alpha value is -1.44. The van der Waals surface area contributed by atoms with Crippen LogP contribution in [0, 0.1) is 18.7 Å². The molecule has 1 aromatic rings. The van der Waals surface area contributed by atoms with Gasteiger partial charge in [-0.1, -0.05) is 43.5 Å². The molecule has 0 spiro atoms. The molecular weight excluding hydrogens is 280 g/mol. The Kier molecular flexibility index (Phi) is 3.57. The first kappa shape index (κ1) is 13.9. The van der Waals surface area contributed by atoms with E-state index in [1.54, 1.807) is 0 Å². The van der Waals surface area contributed by atoms with Crippen LogP contribution in [0.25, 0.3) is 0 Å². The summed E-state index contributed by atoms with van der Waals surface area (Å²) >= 11 is 0. The Morgan fingerprint density at radius 1 is 1.09 bits per heavy atom. The van der Waals surface area contributed by atoms with E-state index in [2.05, 4.69) is 67.1 Å². The summed E-state index contributed by atoms with van der Waals surface area (Å²) in [4.78, 5) is 4.99. The van der Waals surface area contributed by atoms with E-state index < -0.39 is 5.89 Å². The van der Waals surface area contributed by atoms with Gasteiger partial charge in [-0.05, 0) is 57.4 Å². The van der Waals surface area contributed by atoms with Gasteiger partial charge in [0.2, 0.25) is 0 Å². The molecular formula is C21H30N2. The lowest BCUT2D eigenvalue weighted by Gasteiger charge is -2.34. The number of benzene rings is 1. The van der Waals surface area contributed by atoms with Crippen LogP contribution in [-0.2, 0) is 0 Å². The summed E-state index contributed by atoms with van der Waals surface area (Å²) in [6, 6.07) is 9.31. The van der Waals surface area contributed by atoms with Gasteiger partial charge in [0.1, 0.15) is 0 Å². The van der Waals surface area contributed by atoms with Gasteiger partial charge in [0.05, 0.1) is 12.2 Å². The maximum atomic E-state index is 9.37. The van der Waals surface area contributed by atoms with Gasteiger partial charge in [0.15, 0.2) is 0 Å². The predicted octanol–water partition coefficient (Wildman–Crippen LogP) is 4.94. The van der Waals surface area contributed by atoms with E-state index in [-0.39, 0.29) is 6.04 Å². The largest absolute Gasteiger partial charge is 0.352 e. The molecule has 0 radical (unpaired) electrons. The smallest absolute Gasteiger partial charge is 0.0989 e. The predicted molar refractivity (Wildman–Crippen MR) is 97.4 cm³/mol. The van der Waals surface area contributed by atoms with Crippen LogP contribution in [0.3, 0.4) is 0 Å². The topological polar surface area (TPSA) is 6.48 Å². The van der Waals surface area contributed by atoms with Gasteiger partial charge in [-0.15, -0.1) is 0 Å². The van der Waals surface area contributed by atoms with E-state index in [1.807, 2.05) is 0 Å². The van der Waals surface area contributed by atoms with Gasteiger partial charge in [-0.2, -0.15) is 0 Å². The lowest BCUT2D eigenvalue weighted by Crippen LogP contribution is -2.40. The van der Waals surface area contributed by atoms with Crippen molar-refractivity contribution in [2.24, 2.45) is 11.8 Å². The number of nitrogens with zero attached hydrogens (tertiary/aromatic N) is 2. The van der Waals surface area contributed by atoms with Crippen LogP contribution in [0.5, 0.6) is 0 Å². The van der Waals surface area contributed by atoms with Crippen molar-refractivity contribution >= 4 is 5.69 Å². The number of hydrogen-bond acceptors (Lipinski definition) is 2. The Labute approximate surface area is 142 Å². The maximum absolute atomic E-state index is 9.37. The van der Waals surface area contributed by atoms with Crippen LogP contribution in [0.15, 0.2) is 36.5 Å².